The average molecular weight is 477 g/mol. The van der Waals surface area contributed by atoms with E-state index in [0.29, 0.717) is 17.7 Å². The van der Waals surface area contributed by atoms with Crippen LogP contribution in [0.1, 0.15) is 26.4 Å². The summed E-state index contributed by atoms with van der Waals surface area (Å²) < 4.78 is 27.7. The summed E-state index contributed by atoms with van der Waals surface area (Å²) in [5.41, 5.74) is 1.77. The quantitative estimate of drug-likeness (QED) is 0.569. The Hall–Kier alpha value is -0.870. The zero-order chi connectivity index (χ0) is 19.3. The highest BCUT2D eigenvalue weighted by molar-refractivity contribution is 9.11. The number of rotatable bonds is 8. The molecule has 0 aliphatic heterocycles. The van der Waals surface area contributed by atoms with Crippen LogP contribution in [-0.4, -0.2) is 33.7 Å². The van der Waals surface area contributed by atoms with Gasteiger partial charge >= 0.3 is 0 Å². The standard InChI is InChI=1S/C17H21BrN2O3S3/c1-11-8-13(9-15(12(11)2)26(22,23)19-3)17(21)20-6-7-24-10-14-4-5-16(18)25-14/h4-5,8-9,19H,6-7,10H2,1-3H3,(H,20,21). The molecule has 0 fully saturated rings. The van der Waals surface area contributed by atoms with Gasteiger partial charge in [0.05, 0.1) is 8.68 Å². The first-order chi connectivity index (χ1) is 12.2. The summed E-state index contributed by atoms with van der Waals surface area (Å²) >= 11 is 6.89. The van der Waals surface area contributed by atoms with Crippen LogP contribution in [0.4, 0.5) is 0 Å². The van der Waals surface area contributed by atoms with Crippen LogP contribution in [0.5, 0.6) is 0 Å². The number of hydrogen-bond donors (Lipinski definition) is 2. The van der Waals surface area contributed by atoms with Crippen LogP contribution >= 0.6 is 39.0 Å². The Morgan fingerprint density at radius 3 is 2.62 bits per heavy atom. The van der Waals surface area contributed by atoms with Gasteiger partial charge in [-0.15, -0.1) is 11.3 Å². The number of hydrogen-bond acceptors (Lipinski definition) is 5. The fourth-order valence-corrected chi connectivity index (χ4v) is 5.81. The van der Waals surface area contributed by atoms with Crippen molar-refractivity contribution in [3.63, 3.8) is 0 Å². The van der Waals surface area contributed by atoms with Gasteiger partial charge < -0.3 is 5.32 Å². The predicted octanol–water partition coefficient (Wildman–Crippen LogP) is 3.70. The summed E-state index contributed by atoms with van der Waals surface area (Å²) in [7, 11) is -2.24. The zero-order valence-electron chi connectivity index (χ0n) is 14.8. The van der Waals surface area contributed by atoms with Crippen LogP contribution < -0.4 is 10.0 Å². The van der Waals surface area contributed by atoms with Crippen molar-refractivity contribution < 1.29 is 13.2 Å². The van der Waals surface area contributed by atoms with Crippen molar-refractivity contribution in [2.75, 3.05) is 19.3 Å². The van der Waals surface area contributed by atoms with Gasteiger partial charge in [0.2, 0.25) is 10.0 Å². The Balaban J connectivity index is 1.94. The molecule has 0 atom stereocenters. The maximum Gasteiger partial charge on any atom is 0.251 e. The molecular weight excluding hydrogens is 456 g/mol. The van der Waals surface area contributed by atoms with E-state index >= 15 is 0 Å². The number of aryl methyl sites for hydroxylation is 1. The molecule has 2 N–H and O–H groups in total. The number of thiophene rings is 1. The first kappa shape index (κ1) is 21.4. The van der Waals surface area contributed by atoms with Crippen molar-refractivity contribution in [2.45, 2.75) is 24.5 Å². The van der Waals surface area contributed by atoms with E-state index in [1.54, 1.807) is 43.0 Å². The Kier molecular flexibility index (Phi) is 7.72. The molecular formula is C17H21BrN2O3S3. The maximum atomic E-state index is 12.4. The van der Waals surface area contributed by atoms with Gasteiger partial charge in [-0.1, -0.05) is 0 Å². The van der Waals surface area contributed by atoms with Crippen molar-refractivity contribution in [3.8, 4) is 0 Å². The predicted molar refractivity (Wildman–Crippen MR) is 113 cm³/mol. The molecule has 1 aromatic heterocycles. The molecule has 2 rings (SSSR count). The number of nitrogens with one attached hydrogen (secondary N) is 2. The van der Waals surface area contributed by atoms with Crippen LogP contribution in [0.15, 0.2) is 32.9 Å². The maximum absolute atomic E-state index is 12.4. The minimum absolute atomic E-state index is 0.141. The highest BCUT2D eigenvalue weighted by Gasteiger charge is 2.19. The van der Waals surface area contributed by atoms with Gasteiger partial charge in [0, 0.05) is 28.5 Å². The molecule has 0 saturated carbocycles. The van der Waals surface area contributed by atoms with Crippen molar-refractivity contribution in [3.05, 3.63) is 49.6 Å². The Morgan fingerprint density at radius 1 is 1.27 bits per heavy atom. The molecule has 9 heteroatoms. The van der Waals surface area contributed by atoms with Crippen molar-refractivity contribution >= 4 is 55.0 Å². The van der Waals surface area contributed by atoms with E-state index in [9.17, 15) is 13.2 Å². The minimum atomic E-state index is -3.60. The second-order valence-electron chi connectivity index (χ2n) is 5.64. The lowest BCUT2D eigenvalue weighted by atomic mass is 10.1. The van der Waals surface area contributed by atoms with E-state index < -0.39 is 10.0 Å². The molecule has 1 amide bonds. The SMILES string of the molecule is CNS(=O)(=O)c1cc(C(=O)NCCSCc2ccc(Br)s2)cc(C)c1C. The third kappa shape index (κ3) is 5.56. The third-order valence-corrected chi connectivity index (χ3v) is 8.20. The highest BCUT2D eigenvalue weighted by atomic mass is 79.9. The van der Waals surface area contributed by atoms with E-state index in [2.05, 4.69) is 32.0 Å². The van der Waals surface area contributed by atoms with Crippen LogP contribution in [0, 0.1) is 13.8 Å². The molecule has 0 aliphatic rings. The Labute approximate surface area is 171 Å². The van der Waals surface area contributed by atoms with E-state index in [4.69, 9.17) is 0 Å². The van der Waals surface area contributed by atoms with Crippen LogP contribution in [-0.2, 0) is 15.8 Å². The highest BCUT2D eigenvalue weighted by Crippen LogP contribution is 2.25. The summed E-state index contributed by atoms with van der Waals surface area (Å²) in [6.07, 6.45) is 0. The molecule has 1 aromatic carbocycles. The lowest BCUT2D eigenvalue weighted by Gasteiger charge is -2.12. The molecule has 2 aromatic rings. The fourth-order valence-electron chi connectivity index (χ4n) is 2.29. The summed E-state index contributed by atoms with van der Waals surface area (Å²) in [4.78, 5) is 13.8. The van der Waals surface area contributed by atoms with Crippen LogP contribution in [0.2, 0.25) is 0 Å². The Morgan fingerprint density at radius 2 is 2.00 bits per heavy atom. The molecule has 1 heterocycles. The number of thioether (sulfide) groups is 1. The molecule has 0 bridgehead atoms. The van der Waals surface area contributed by atoms with Gasteiger partial charge in [-0.05, 0) is 72.2 Å². The normalized spacial score (nSPS) is 11.5. The second-order valence-corrected chi connectivity index (χ2v) is 11.1. The van der Waals surface area contributed by atoms with E-state index in [0.717, 1.165) is 20.9 Å². The number of carbonyl (C=O) groups is 1. The third-order valence-electron chi connectivity index (χ3n) is 3.85. The smallest absolute Gasteiger partial charge is 0.251 e. The van der Waals surface area contributed by atoms with Gasteiger partial charge in [0.25, 0.3) is 5.91 Å². The molecule has 0 radical (unpaired) electrons. The molecule has 142 valence electrons. The average Bonchev–Trinajstić information content (AvgIpc) is 3.01. The fraction of sp³-hybridized carbons (Fsp3) is 0.353. The summed E-state index contributed by atoms with van der Waals surface area (Å²) in [6.45, 7) is 4.06. The number of sulfonamides is 1. The molecule has 0 unspecified atom stereocenters. The summed E-state index contributed by atoms with van der Waals surface area (Å²) in [5, 5.41) is 2.85. The van der Waals surface area contributed by atoms with Gasteiger partial charge in [-0.3, -0.25) is 4.79 Å². The Bertz CT molecular complexity index is 895. The second kappa shape index (κ2) is 9.36. The van der Waals surface area contributed by atoms with E-state index in [-0.39, 0.29) is 10.8 Å². The molecule has 26 heavy (non-hydrogen) atoms. The number of carbonyl (C=O) groups excluding carboxylic acids is 1. The first-order valence-electron chi connectivity index (χ1n) is 7.89. The summed E-state index contributed by atoms with van der Waals surface area (Å²) in [6, 6.07) is 7.26. The monoisotopic (exact) mass is 476 g/mol. The molecule has 0 saturated heterocycles. The number of amides is 1. The van der Waals surface area contributed by atoms with Gasteiger partial charge in [0.1, 0.15) is 0 Å². The number of benzene rings is 1. The molecule has 5 nitrogen and oxygen atoms in total. The van der Waals surface area contributed by atoms with Crippen molar-refractivity contribution in [1.29, 1.82) is 0 Å². The van der Waals surface area contributed by atoms with Crippen molar-refractivity contribution in [2.24, 2.45) is 0 Å². The molecule has 0 spiro atoms. The lowest BCUT2D eigenvalue weighted by molar-refractivity contribution is 0.0956. The molecule has 0 aliphatic carbocycles. The van der Waals surface area contributed by atoms with Crippen LogP contribution in [0.3, 0.4) is 0 Å². The topological polar surface area (TPSA) is 75.3 Å². The van der Waals surface area contributed by atoms with Crippen molar-refractivity contribution in [1.82, 2.24) is 10.0 Å². The van der Waals surface area contributed by atoms with E-state index in [1.807, 2.05) is 6.07 Å². The van der Waals surface area contributed by atoms with Crippen LogP contribution in [0.25, 0.3) is 0 Å². The summed E-state index contributed by atoms with van der Waals surface area (Å²) in [5.74, 6) is 1.42. The van der Waals surface area contributed by atoms with Gasteiger partial charge in [0.15, 0.2) is 0 Å². The van der Waals surface area contributed by atoms with Gasteiger partial charge in [-0.2, -0.15) is 11.8 Å². The first-order valence-corrected chi connectivity index (χ1v) is 12.1. The van der Waals surface area contributed by atoms with E-state index in [1.165, 1.54) is 18.0 Å². The number of halogens is 1. The minimum Gasteiger partial charge on any atom is -0.351 e. The lowest BCUT2D eigenvalue weighted by Crippen LogP contribution is -2.27. The zero-order valence-corrected chi connectivity index (χ0v) is 18.8. The largest absolute Gasteiger partial charge is 0.351 e. The van der Waals surface area contributed by atoms with Gasteiger partial charge in [-0.25, -0.2) is 13.1 Å².